The van der Waals surface area contributed by atoms with Gasteiger partial charge >= 0.3 is 6.18 Å². The quantitative estimate of drug-likeness (QED) is 0.790. The Morgan fingerprint density at radius 1 is 1.31 bits per heavy atom. The molecule has 5 heteroatoms. The summed E-state index contributed by atoms with van der Waals surface area (Å²) in [6.45, 7) is 2.03. The average Bonchev–Trinajstić information content (AvgIpc) is 2.62. The standard InChI is InChI=1S/C11H21F3N2/c1-3-16(8-11(12,13)14)7-9-5-4-6-10(9)15-2/h9-10,15H,3-8H2,1-2H3. The molecule has 1 fully saturated rings. The summed E-state index contributed by atoms with van der Waals surface area (Å²) >= 11 is 0. The number of halogens is 3. The van der Waals surface area contributed by atoms with Crippen LogP contribution in [-0.2, 0) is 0 Å². The number of hydrogen-bond donors (Lipinski definition) is 1. The molecule has 1 aliphatic rings. The lowest BCUT2D eigenvalue weighted by molar-refractivity contribution is -0.146. The number of rotatable bonds is 5. The van der Waals surface area contributed by atoms with Crippen LogP contribution in [0.25, 0.3) is 0 Å². The first kappa shape index (κ1) is 13.8. The number of alkyl halides is 3. The molecule has 2 nitrogen and oxygen atoms in total. The van der Waals surface area contributed by atoms with Gasteiger partial charge in [-0.05, 0) is 32.4 Å². The highest BCUT2D eigenvalue weighted by Crippen LogP contribution is 2.27. The van der Waals surface area contributed by atoms with Crippen LogP contribution in [0.15, 0.2) is 0 Å². The minimum Gasteiger partial charge on any atom is -0.317 e. The minimum atomic E-state index is -4.08. The molecule has 0 amide bonds. The Bertz CT molecular complexity index is 206. The third-order valence-electron chi connectivity index (χ3n) is 3.37. The van der Waals surface area contributed by atoms with Crippen molar-refractivity contribution in [1.82, 2.24) is 10.2 Å². The van der Waals surface area contributed by atoms with Crippen molar-refractivity contribution in [2.75, 3.05) is 26.7 Å². The van der Waals surface area contributed by atoms with Gasteiger partial charge in [0.15, 0.2) is 0 Å². The van der Waals surface area contributed by atoms with Crippen LogP contribution >= 0.6 is 0 Å². The minimum absolute atomic E-state index is 0.368. The van der Waals surface area contributed by atoms with Crippen LogP contribution < -0.4 is 5.32 Å². The Morgan fingerprint density at radius 3 is 2.50 bits per heavy atom. The third-order valence-corrected chi connectivity index (χ3v) is 3.37. The van der Waals surface area contributed by atoms with Crippen LogP contribution in [0, 0.1) is 5.92 Å². The van der Waals surface area contributed by atoms with Gasteiger partial charge in [-0.3, -0.25) is 4.90 Å². The van der Waals surface area contributed by atoms with Crippen LogP contribution in [-0.4, -0.2) is 43.8 Å². The summed E-state index contributed by atoms with van der Waals surface area (Å²) in [7, 11) is 1.89. The molecule has 1 N–H and O–H groups in total. The Labute approximate surface area is 95.2 Å². The van der Waals surface area contributed by atoms with Gasteiger partial charge in [0.25, 0.3) is 0 Å². The lowest BCUT2D eigenvalue weighted by Gasteiger charge is -2.28. The Balaban J connectivity index is 2.43. The molecule has 1 aliphatic carbocycles. The summed E-state index contributed by atoms with van der Waals surface area (Å²) in [6, 6.07) is 0.391. The highest BCUT2D eigenvalue weighted by molar-refractivity contribution is 4.84. The van der Waals surface area contributed by atoms with E-state index < -0.39 is 12.7 Å². The zero-order valence-electron chi connectivity index (χ0n) is 9.98. The first-order valence-electron chi connectivity index (χ1n) is 5.92. The second kappa shape index (κ2) is 5.87. The van der Waals surface area contributed by atoms with Crippen molar-refractivity contribution in [1.29, 1.82) is 0 Å². The van der Waals surface area contributed by atoms with Gasteiger partial charge in [-0.25, -0.2) is 0 Å². The Morgan fingerprint density at radius 2 is 2.00 bits per heavy atom. The fourth-order valence-electron chi connectivity index (χ4n) is 2.53. The SMILES string of the molecule is CCN(CC1CCCC1NC)CC(F)(F)F. The van der Waals surface area contributed by atoms with E-state index in [1.807, 2.05) is 7.05 Å². The molecule has 0 aliphatic heterocycles. The molecule has 16 heavy (non-hydrogen) atoms. The number of nitrogens with zero attached hydrogens (tertiary/aromatic N) is 1. The molecule has 0 aromatic carbocycles. The summed E-state index contributed by atoms with van der Waals surface area (Å²) in [4.78, 5) is 1.50. The van der Waals surface area contributed by atoms with Crippen LogP contribution in [0.4, 0.5) is 13.2 Å². The van der Waals surface area contributed by atoms with Gasteiger partial charge in [-0.1, -0.05) is 13.3 Å². The van der Waals surface area contributed by atoms with Crippen LogP contribution in [0.5, 0.6) is 0 Å². The van der Waals surface area contributed by atoms with Crippen molar-refractivity contribution in [2.45, 2.75) is 38.4 Å². The summed E-state index contributed by atoms with van der Waals surface area (Å²) in [5, 5.41) is 3.20. The van der Waals surface area contributed by atoms with Gasteiger partial charge in [0.05, 0.1) is 6.54 Å². The molecule has 0 radical (unpaired) electrons. The normalized spacial score (nSPS) is 26.6. The number of nitrogens with one attached hydrogen (secondary N) is 1. The molecule has 0 spiro atoms. The molecule has 0 aromatic rings. The van der Waals surface area contributed by atoms with Crippen molar-refractivity contribution < 1.29 is 13.2 Å². The zero-order chi connectivity index (χ0) is 12.2. The van der Waals surface area contributed by atoms with Crippen molar-refractivity contribution in [3.63, 3.8) is 0 Å². The second-order valence-electron chi connectivity index (χ2n) is 4.53. The summed E-state index contributed by atoms with van der Waals surface area (Å²) in [5.74, 6) is 0.368. The molecule has 0 heterocycles. The maximum Gasteiger partial charge on any atom is 0.401 e. The number of hydrogen-bond acceptors (Lipinski definition) is 2. The van der Waals surface area contributed by atoms with Crippen molar-refractivity contribution in [3.05, 3.63) is 0 Å². The van der Waals surface area contributed by atoms with E-state index in [2.05, 4.69) is 5.32 Å². The van der Waals surface area contributed by atoms with E-state index in [9.17, 15) is 13.2 Å². The molecule has 96 valence electrons. The Hall–Kier alpha value is -0.290. The Kier molecular flexibility index (Phi) is 5.05. The van der Waals surface area contributed by atoms with Gasteiger partial charge in [-0.15, -0.1) is 0 Å². The first-order valence-corrected chi connectivity index (χ1v) is 5.92. The highest BCUT2D eigenvalue weighted by Gasteiger charge is 2.33. The predicted molar refractivity (Wildman–Crippen MR) is 58.4 cm³/mol. The maximum absolute atomic E-state index is 12.3. The van der Waals surface area contributed by atoms with E-state index in [0.29, 0.717) is 25.0 Å². The lowest BCUT2D eigenvalue weighted by Crippen LogP contribution is -2.41. The van der Waals surface area contributed by atoms with Gasteiger partial charge in [0.2, 0.25) is 0 Å². The van der Waals surface area contributed by atoms with E-state index in [0.717, 1.165) is 19.3 Å². The van der Waals surface area contributed by atoms with E-state index in [-0.39, 0.29) is 0 Å². The second-order valence-corrected chi connectivity index (χ2v) is 4.53. The largest absolute Gasteiger partial charge is 0.401 e. The van der Waals surface area contributed by atoms with Crippen molar-refractivity contribution >= 4 is 0 Å². The van der Waals surface area contributed by atoms with Crippen molar-refractivity contribution in [2.24, 2.45) is 5.92 Å². The average molecular weight is 238 g/mol. The monoisotopic (exact) mass is 238 g/mol. The fraction of sp³-hybridized carbons (Fsp3) is 1.00. The topological polar surface area (TPSA) is 15.3 Å². The molecular formula is C11H21F3N2. The van der Waals surface area contributed by atoms with E-state index in [4.69, 9.17) is 0 Å². The van der Waals surface area contributed by atoms with Crippen LogP contribution in [0.1, 0.15) is 26.2 Å². The molecular weight excluding hydrogens is 217 g/mol. The molecule has 2 unspecified atom stereocenters. The van der Waals surface area contributed by atoms with Crippen LogP contribution in [0.3, 0.4) is 0 Å². The van der Waals surface area contributed by atoms with E-state index in [1.54, 1.807) is 6.92 Å². The molecule has 2 atom stereocenters. The lowest BCUT2D eigenvalue weighted by atomic mass is 10.0. The molecule has 0 aromatic heterocycles. The summed E-state index contributed by atoms with van der Waals surface area (Å²) in [6.07, 6.45) is -0.825. The predicted octanol–water partition coefficient (Wildman–Crippen LogP) is 2.26. The highest BCUT2D eigenvalue weighted by atomic mass is 19.4. The van der Waals surface area contributed by atoms with Gasteiger partial charge in [-0.2, -0.15) is 13.2 Å². The van der Waals surface area contributed by atoms with Gasteiger partial charge in [0, 0.05) is 12.6 Å². The van der Waals surface area contributed by atoms with E-state index in [1.165, 1.54) is 4.90 Å². The maximum atomic E-state index is 12.3. The first-order chi connectivity index (χ1) is 7.46. The zero-order valence-corrected chi connectivity index (χ0v) is 9.98. The van der Waals surface area contributed by atoms with Crippen molar-refractivity contribution in [3.8, 4) is 0 Å². The molecule has 1 rings (SSSR count). The summed E-state index contributed by atoms with van der Waals surface area (Å²) < 4.78 is 36.9. The van der Waals surface area contributed by atoms with E-state index >= 15 is 0 Å². The molecule has 1 saturated carbocycles. The smallest absolute Gasteiger partial charge is 0.317 e. The third kappa shape index (κ3) is 4.29. The van der Waals surface area contributed by atoms with Gasteiger partial charge in [0.1, 0.15) is 0 Å². The summed E-state index contributed by atoms with van der Waals surface area (Å²) in [5.41, 5.74) is 0. The fourth-order valence-corrected chi connectivity index (χ4v) is 2.53. The van der Waals surface area contributed by atoms with Crippen LogP contribution in [0.2, 0.25) is 0 Å². The van der Waals surface area contributed by atoms with Gasteiger partial charge < -0.3 is 5.32 Å². The molecule has 0 saturated heterocycles. The molecule has 0 bridgehead atoms.